The van der Waals surface area contributed by atoms with Crippen LogP contribution in [0.4, 0.5) is 11.5 Å². The summed E-state index contributed by atoms with van der Waals surface area (Å²) >= 11 is 0. The summed E-state index contributed by atoms with van der Waals surface area (Å²) in [6.45, 7) is 4.23. The molecule has 0 amide bonds. The third kappa shape index (κ3) is 4.80. The van der Waals surface area contributed by atoms with Crippen molar-refractivity contribution >= 4 is 11.5 Å². The summed E-state index contributed by atoms with van der Waals surface area (Å²) in [7, 11) is 0. The highest BCUT2D eigenvalue weighted by molar-refractivity contribution is 5.44. The van der Waals surface area contributed by atoms with E-state index in [1.54, 1.807) is 0 Å². The van der Waals surface area contributed by atoms with Gasteiger partial charge in [0.2, 0.25) is 0 Å². The molecule has 0 radical (unpaired) electrons. The Bertz CT molecular complexity index is 369. The van der Waals surface area contributed by atoms with Crippen molar-refractivity contribution in [3.05, 3.63) is 28.4 Å². The number of hydrogen-bond acceptors (Lipinski definition) is 4. The van der Waals surface area contributed by atoms with Gasteiger partial charge in [0.1, 0.15) is 5.82 Å². The quantitative estimate of drug-likeness (QED) is 0.448. The predicted octanol–water partition coefficient (Wildman–Crippen LogP) is 3.37. The van der Waals surface area contributed by atoms with Crippen molar-refractivity contribution in [1.29, 1.82) is 0 Å². The zero-order valence-corrected chi connectivity index (χ0v) is 10.3. The van der Waals surface area contributed by atoms with E-state index in [0.29, 0.717) is 5.82 Å². The Morgan fingerprint density at radius 2 is 2.29 bits per heavy atom. The first-order valence-corrected chi connectivity index (χ1v) is 6.00. The molecule has 0 aromatic carbocycles. The van der Waals surface area contributed by atoms with Crippen molar-refractivity contribution in [2.24, 2.45) is 0 Å². The molecule has 5 nitrogen and oxygen atoms in total. The lowest BCUT2D eigenvalue weighted by Gasteiger charge is -2.13. The highest BCUT2D eigenvalue weighted by Crippen LogP contribution is 2.16. The number of nitro groups is 1. The van der Waals surface area contributed by atoms with E-state index in [1.165, 1.54) is 37.6 Å². The van der Waals surface area contributed by atoms with Crippen LogP contribution in [-0.4, -0.2) is 15.9 Å². The molecule has 0 bridgehead atoms. The molecular weight excluding hydrogens is 218 g/mol. The average Bonchev–Trinajstić information content (AvgIpc) is 2.29. The molecule has 1 N–H and O–H groups in total. The lowest BCUT2D eigenvalue weighted by atomic mass is 10.1. The van der Waals surface area contributed by atoms with Crippen LogP contribution in [0.15, 0.2) is 18.3 Å². The number of unbranched alkanes of at least 4 members (excludes halogenated alkanes) is 2. The van der Waals surface area contributed by atoms with Crippen LogP contribution in [0, 0.1) is 10.1 Å². The lowest BCUT2D eigenvalue weighted by Crippen LogP contribution is -2.15. The number of anilines is 1. The highest BCUT2D eigenvalue weighted by Gasteiger charge is 2.08. The Hall–Kier alpha value is -1.65. The van der Waals surface area contributed by atoms with Gasteiger partial charge in [-0.05, 0) is 13.3 Å². The van der Waals surface area contributed by atoms with Gasteiger partial charge in [0.25, 0.3) is 5.69 Å². The molecule has 1 atom stereocenters. The predicted molar refractivity (Wildman–Crippen MR) is 68.1 cm³/mol. The summed E-state index contributed by atoms with van der Waals surface area (Å²) < 4.78 is 0. The Morgan fingerprint density at radius 1 is 1.53 bits per heavy atom. The van der Waals surface area contributed by atoms with E-state index in [2.05, 4.69) is 24.1 Å². The fourth-order valence-electron chi connectivity index (χ4n) is 1.64. The molecule has 1 aromatic rings. The molecule has 0 saturated heterocycles. The maximum atomic E-state index is 10.6. The van der Waals surface area contributed by atoms with E-state index >= 15 is 0 Å². The fraction of sp³-hybridized carbons (Fsp3) is 0.583. The van der Waals surface area contributed by atoms with Crippen LogP contribution in [0.2, 0.25) is 0 Å². The average molecular weight is 237 g/mol. The largest absolute Gasteiger partial charge is 0.367 e. The molecular formula is C12H19N3O2. The fourth-order valence-corrected chi connectivity index (χ4v) is 1.64. The zero-order valence-electron chi connectivity index (χ0n) is 10.3. The molecule has 1 rings (SSSR count). The third-order valence-corrected chi connectivity index (χ3v) is 2.59. The number of nitrogens with one attached hydrogen (secondary N) is 1. The first-order valence-electron chi connectivity index (χ1n) is 6.00. The van der Waals surface area contributed by atoms with Crippen molar-refractivity contribution in [2.45, 2.75) is 45.6 Å². The van der Waals surface area contributed by atoms with Gasteiger partial charge in [0.15, 0.2) is 0 Å². The Morgan fingerprint density at radius 3 is 2.94 bits per heavy atom. The van der Waals surface area contributed by atoms with Crippen LogP contribution < -0.4 is 5.32 Å². The number of hydrogen-bond donors (Lipinski definition) is 1. The van der Waals surface area contributed by atoms with Crippen LogP contribution in [0.25, 0.3) is 0 Å². The van der Waals surface area contributed by atoms with Gasteiger partial charge in [-0.1, -0.05) is 26.2 Å². The molecule has 1 aromatic heterocycles. The smallest absolute Gasteiger partial charge is 0.274 e. The molecule has 0 aliphatic carbocycles. The van der Waals surface area contributed by atoms with Crippen molar-refractivity contribution in [2.75, 3.05) is 5.32 Å². The van der Waals surface area contributed by atoms with Crippen molar-refractivity contribution in [3.8, 4) is 0 Å². The Balaban J connectivity index is 2.50. The molecule has 5 heteroatoms. The minimum Gasteiger partial charge on any atom is -0.367 e. The van der Waals surface area contributed by atoms with Crippen LogP contribution >= 0.6 is 0 Å². The van der Waals surface area contributed by atoms with Gasteiger partial charge in [-0.15, -0.1) is 0 Å². The van der Waals surface area contributed by atoms with E-state index in [0.717, 1.165) is 6.42 Å². The number of aromatic nitrogens is 1. The van der Waals surface area contributed by atoms with E-state index in [4.69, 9.17) is 0 Å². The number of rotatable bonds is 7. The number of pyridine rings is 1. The molecule has 1 unspecified atom stereocenters. The molecule has 17 heavy (non-hydrogen) atoms. The van der Waals surface area contributed by atoms with Gasteiger partial charge in [-0.25, -0.2) is 4.98 Å². The summed E-state index contributed by atoms with van der Waals surface area (Å²) in [6.07, 6.45) is 6.09. The molecule has 0 fully saturated rings. The van der Waals surface area contributed by atoms with Crippen LogP contribution in [0.1, 0.15) is 39.5 Å². The normalized spacial score (nSPS) is 12.1. The van der Waals surface area contributed by atoms with E-state index in [-0.39, 0.29) is 11.7 Å². The lowest BCUT2D eigenvalue weighted by molar-refractivity contribution is -0.384. The van der Waals surface area contributed by atoms with E-state index in [9.17, 15) is 10.1 Å². The molecule has 0 aliphatic rings. The first kappa shape index (κ1) is 13.4. The van der Waals surface area contributed by atoms with E-state index in [1.807, 2.05) is 0 Å². The minimum absolute atomic E-state index is 0.0725. The molecule has 0 saturated carbocycles. The second-order valence-electron chi connectivity index (χ2n) is 4.20. The monoisotopic (exact) mass is 237 g/mol. The van der Waals surface area contributed by atoms with Crippen molar-refractivity contribution in [1.82, 2.24) is 4.98 Å². The molecule has 0 aliphatic heterocycles. The number of nitrogens with zero attached hydrogens (tertiary/aromatic N) is 2. The van der Waals surface area contributed by atoms with Gasteiger partial charge >= 0.3 is 0 Å². The maximum Gasteiger partial charge on any atom is 0.274 e. The highest BCUT2D eigenvalue weighted by atomic mass is 16.6. The van der Waals surface area contributed by atoms with Crippen LogP contribution in [0.5, 0.6) is 0 Å². The molecule has 1 heterocycles. The van der Waals surface area contributed by atoms with Crippen LogP contribution in [0.3, 0.4) is 0 Å². The molecule has 0 spiro atoms. The Kier molecular flexibility index (Phi) is 5.39. The second kappa shape index (κ2) is 6.83. The summed E-state index contributed by atoms with van der Waals surface area (Å²) in [5, 5.41) is 13.8. The summed E-state index contributed by atoms with van der Waals surface area (Å²) in [5.74, 6) is 0.572. The third-order valence-electron chi connectivity index (χ3n) is 2.59. The maximum absolute atomic E-state index is 10.6. The topological polar surface area (TPSA) is 68.1 Å². The van der Waals surface area contributed by atoms with E-state index < -0.39 is 4.92 Å². The van der Waals surface area contributed by atoms with Gasteiger partial charge in [0, 0.05) is 18.3 Å². The minimum atomic E-state index is -0.408. The summed E-state index contributed by atoms with van der Waals surface area (Å²) in [4.78, 5) is 14.3. The van der Waals surface area contributed by atoms with Gasteiger partial charge in [0.05, 0.1) is 11.0 Å². The summed E-state index contributed by atoms with van der Waals surface area (Å²) in [5.41, 5.74) is 0.0725. The van der Waals surface area contributed by atoms with Crippen LogP contribution in [-0.2, 0) is 0 Å². The molecule has 94 valence electrons. The second-order valence-corrected chi connectivity index (χ2v) is 4.20. The zero-order chi connectivity index (χ0) is 12.7. The Labute approximate surface area is 101 Å². The van der Waals surface area contributed by atoms with Crippen molar-refractivity contribution < 1.29 is 4.92 Å². The standard InChI is InChI=1S/C12H19N3O2/c1-3-4-5-6-10(2)14-12-9-11(15(16)17)7-8-13-12/h7-10H,3-6H2,1-2H3,(H,13,14). The van der Waals surface area contributed by atoms with Crippen molar-refractivity contribution in [3.63, 3.8) is 0 Å². The SMILES string of the molecule is CCCCCC(C)Nc1cc([N+](=O)[O-])ccn1. The van der Waals surface area contributed by atoms with Gasteiger partial charge in [-0.3, -0.25) is 10.1 Å². The van der Waals surface area contributed by atoms with Gasteiger partial charge < -0.3 is 5.32 Å². The first-order chi connectivity index (χ1) is 8.13. The van der Waals surface area contributed by atoms with Gasteiger partial charge in [-0.2, -0.15) is 0 Å². The summed E-state index contributed by atoms with van der Waals surface area (Å²) in [6, 6.07) is 3.15.